The first-order chi connectivity index (χ1) is 11.6. The molecule has 0 radical (unpaired) electrons. The number of aliphatic imine (C=N–C) groups is 1. The standard InChI is InChI=1S/C17H28FN3O3S/c1-6-14(24-15-9-7-8-13(18)10-15)11-20-16(19-4)21-12-17(2,3)25(5,22)23/h7-10,14H,6,11-12H2,1-5H3,(H2,19,20,21). The van der Waals surface area contributed by atoms with E-state index in [1.807, 2.05) is 6.92 Å². The normalized spacial score (nSPS) is 14.1. The predicted molar refractivity (Wildman–Crippen MR) is 99.4 cm³/mol. The lowest BCUT2D eigenvalue weighted by molar-refractivity contribution is 0.198. The zero-order valence-electron chi connectivity index (χ0n) is 15.5. The third-order valence-electron chi connectivity index (χ3n) is 3.96. The van der Waals surface area contributed by atoms with Crippen LogP contribution in [0.5, 0.6) is 5.75 Å². The van der Waals surface area contributed by atoms with Gasteiger partial charge in [-0.25, -0.2) is 12.8 Å². The summed E-state index contributed by atoms with van der Waals surface area (Å²) in [5.74, 6) is 0.605. The fourth-order valence-electron chi connectivity index (χ4n) is 1.86. The number of benzene rings is 1. The molecule has 25 heavy (non-hydrogen) atoms. The lowest BCUT2D eigenvalue weighted by Crippen LogP contribution is -2.49. The fourth-order valence-corrected chi connectivity index (χ4v) is 2.20. The molecule has 0 aliphatic heterocycles. The zero-order valence-corrected chi connectivity index (χ0v) is 16.3. The summed E-state index contributed by atoms with van der Waals surface area (Å²) in [6, 6.07) is 6.00. The molecule has 1 atom stereocenters. The number of nitrogens with zero attached hydrogens (tertiary/aromatic N) is 1. The van der Waals surface area contributed by atoms with Crippen LogP contribution in [-0.2, 0) is 9.84 Å². The van der Waals surface area contributed by atoms with Crippen LogP contribution in [0.15, 0.2) is 29.3 Å². The number of hydrogen-bond acceptors (Lipinski definition) is 4. The minimum Gasteiger partial charge on any atom is -0.489 e. The first-order valence-corrected chi connectivity index (χ1v) is 10.0. The third-order valence-corrected chi connectivity index (χ3v) is 6.11. The highest BCUT2D eigenvalue weighted by atomic mass is 32.2. The van der Waals surface area contributed by atoms with Gasteiger partial charge in [0.05, 0.1) is 11.3 Å². The number of sulfone groups is 1. The molecule has 0 bridgehead atoms. The number of hydrogen-bond donors (Lipinski definition) is 2. The molecule has 8 heteroatoms. The zero-order chi connectivity index (χ0) is 19.1. The Labute approximate surface area is 149 Å². The molecular weight excluding hydrogens is 345 g/mol. The van der Waals surface area contributed by atoms with Gasteiger partial charge in [-0.1, -0.05) is 13.0 Å². The topological polar surface area (TPSA) is 79.8 Å². The summed E-state index contributed by atoms with van der Waals surface area (Å²) in [4.78, 5) is 4.08. The van der Waals surface area contributed by atoms with Crippen LogP contribution in [0.2, 0.25) is 0 Å². The summed E-state index contributed by atoms with van der Waals surface area (Å²) >= 11 is 0. The van der Waals surface area contributed by atoms with E-state index in [1.165, 1.54) is 18.4 Å². The molecular formula is C17H28FN3O3S. The minimum atomic E-state index is -3.19. The van der Waals surface area contributed by atoms with Crippen LogP contribution in [0, 0.1) is 5.82 Å². The lowest BCUT2D eigenvalue weighted by Gasteiger charge is -2.25. The molecule has 2 N–H and O–H groups in total. The maximum atomic E-state index is 13.2. The Morgan fingerprint density at radius 1 is 1.36 bits per heavy atom. The van der Waals surface area contributed by atoms with Crippen LogP contribution >= 0.6 is 0 Å². The maximum absolute atomic E-state index is 13.2. The second-order valence-corrected chi connectivity index (χ2v) is 9.09. The van der Waals surface area contributed by atoms with Crippen molar-refractivity contribution in [3.05, 3.63) is 30.1 Å². The van der Waals surface area contributed by atoms with Crippen molar-refractivity contribution >= 4 is 15.8 Å². The summed E-state index contributed by atoms with van der Waals surface area (Å²) in [6.07, 6.45) is 1.75. The summed E-state index contributed by atoms with van der Waals surface area (Å²) in [5.41, 5.74) is 0. The van der Waals surface area contributed by atoms with Gasteiger partial charge in [-0.05, 0) is 32.4 Å². The Morgan fingerprint density at radius 3 is 2.56 bits per heavy atom. The molecule has 6 nitrogen and oxygen atoms in total. The highest BCUT2D eigenvalue weighted by Crippen LogP contribution is 2.15. The van der Waals surface area contributed by atoms with Gasteiger partial charge in [-0.15, -0.1) is 0 Å². The lowest BCUT2D eigenvalue weighted by atomic mass is 10.2. The van der Waals surface area contributed by atoms with E-state index in [0.29, 0.717) is 18.3 Å². The molecule has 0 heterocycles. The van der Waals surface area contributed by atoms with Crippen LogP contribution in [0.4, 0.5) is 4.39 Å². The SMILES string of the molecule is CCC(CNC(=NC)NCC(C)(C)S(C)(=O)=O)Oc1cccc(F)c1. The van der Waals surface area contributed by atoms with Gasteiger partial charge >= 0.3 is 0 Å². The fraction of sp³-hybridized carbons (Fsp3) is 0.588. The van der Waals surface area contributed by atoms with Crippen LogP contribution in [0.1, 0.15) is 27.2 Å². The van der Waals surface area contributed by atoms with Crippen LogP contribution in [0.25, 0.3) is 0 Å². The molecule has 0 aliphatic carbocycles. The molecule has 0 spiro atoms. The van der Waals surface area contributed by atoms with Crippen molar-refractivity contribution in [3.8, 4) is 5.75 Å². The molecule has 0 aromatic heterocycles. The second kappa shape index (κ2) is 9.03. The Hall–Kier alpha value is -1.83. The first-order valence-electron chi connectivity index (χ1n) is 8.15. The van der Waals surface area contributed by atoms with E-state index in [4.69, 9.17) is 4.74 Å². The quantitative estimate of drug-likeness (QED) is 0.538. The minimum absolute atomic E-state index is 0.178. The average Bonchev–Trinajstić information content (AvgIpc) is 2.52. The van der Waals surface area contributed by atoms with Crippen molar-refractivity contribution < 1.29 is 17.5 Å². The van der Waals surface area contributed by atoms with E-state index < -0.39 is 14.6 Å². The van der Waals surface area contributed by atoms with Crippen molar-refractivity contribution in [1.82, 2.24) is 10.6 Å². The van der Waals surface area contributed by atoms with Crippen molar-refractivity contribution in [2.24, 2.45) is 4.99 Å². The van der Waals surface area contributed by atoms with E-state index in [0.717, 1.165) is 6.42 Å². The molecule has 0 saturated heterocycles. The number of halogens is 1. The van der Waals surface area contributed by atoms with Crippen molar-refractivity contribution in [2.45, 2.75) is 38.0 Å². The summed E-state index contributed by atoms with van der Waals surface area (Å²) < 4.78 is 41.6. The van der Waals surface area contributed by atoms with Gasteiger partial charge in [-0.3, -0.25) is 4.99 Å². The molecule has 0 fully saturated rings. The summed E-state index contributed by atoms with van der Waals surface area (Å²) in [6.45, 7) is 5.96. The van der Waals surface area contributed by atoms with Crippen molar-refractivity contribution in [2.75, 3.05) is 26.4 Å². The van der Waals surface area contributed by atoms with Gasteiger partial charge in [0.25, 0.3) is 0 Å². The second-order valence-electron chi connectivity index (χ2n) is 6.44. The predicted octanol–water partition coefficient (Wildman–Crippen LogP) is 1.97. The number of guanidine groups is 1. The van der Waals surface area contributed by atoms with Gasteiger partial charge in [0.15, 0.2) is 15.8 Å². The number of ether oxygens (including phenoxy) is 1. The van der Waals surface area contributed by atoms with E-state index in [-0.39, 0.29) is 18.5 Å². The maximum Gasteiger partial charge on any atom is 0.191 e. The molecule has 1 aromatic rings. The van der Waals surface area contributed by atoms with Gasteiger partial charge in [0.2, 0.25) is 0 Å². The highest BCUT2D eigenvalue weighted by molar-refractivity contribution is 7.92. The van der Waals surface area contributed by atoms with Gasteiger partial charge < -0.3 is 15.4 Å². The average molecular weight is 373 g/mol. The van der Waals surface area contributed by atoms with Crippen LogP contribution in [0.3, 0.4) is 0 Å². The van der Waals surface area contributed by atoms with Gasteiger partial charge in [0.1, 0.15) is 17.7 Å². The highest BCUT2D eigenvalue weighted by Gasteiger charge is 2.30. The van der Waals surface area contributed by atoms with E-state index in [9.17, 15) is 12.8 Å². The van der Waals surface area contributed by atoms with E-state index in [2.05, 4.69) is 15.6 Å². The van der Waals surface area contributed by atoms with Crippen molar-refractivity contribution in [1.29, 1.82) is 0 Å². The molecule has 1 unspecified atom stereocenters. The molecule has 142 valence electrons. The molecule has 1 rings (SSSR count). The molecule has 1 aromatic carbocycles. The van der Waals surface area contributed by atoms with Gasteiger partial charge in [-0.2, -0.15) is 0 Å². The first kappa shape index (κ1) is 21.2. The molecule has 0 aliphatic rings. The van der Waals surface area contributed by atoms with Crippen LogP contribution < -0.4 is 15.4 Å². The van der Waals surface area contributed by atoms with Crippen LogP contribution in [-0.4, -0.2) is 51.6 Å². The summed E-state index contributed by atoms with van der Waals surface area (Å²) in [5, 5.41) is 6.12. The Balaban J connectivity index is 2.57. The molecule has 0 amide bonds. The van der Waals surface area contributed by atoms with Crippen molar-refractivity contribution in [3.63, 3.8) is 0 Å². The van der Waals surface area contributed by atoms with E-state index in [1.54, 1.807) is 33.0 Å². The number of rotatable bonds is 8. The molecule has 0 saturated carbocycles. The smallest absolute Gasteiger partial charge is 0.191 e. The van der Waals surface area contributed by atoms with E-state index >= 15 is 0 Å². The largest absolute Gasteiger partial charge is 0.489 e. The van der Waals surface area contributed by atoms with Gasteiger partial charge in [0, 0.05) is 25.9 Å². The Morgan fingerprint density at radius 2 is 2.04 bits per heavy atom. The monoisotopic (exact) mass is 373 g/mol. The Kier molecular flexibility index (Phi) is 7.66. The summed E-state index contributed by atoms with van der Waals surface area (Å²) in [7, 11) is -1.58. The third kappa shape index (κ3) is 6.89. The Bertz CT molecular complexity index is 690. The number of nitrogens with one attached hydrogen (secondary N) is 2.